The average Bonchev–Trinajstić information content (AvgIpc) is 3.30. The third-order valence-electron chi connectivity index (χ3n) is 9.15. The van der Waals surface area contributed by atoms with Crippen molar-refractivity contribution in [2.45, 2.75) is 85.6 Å². The van der Waals surface area contributed by atoms with Gasteiger partial charge in [0.05, 0.1) is 12.5 Å². The number of benzene rings is 1. The number of hydrogen-bond acceptors (Lipinski definition) is 7. The molecule has 1 aliphatic carbocycles. The summed E-state index contributed by atoms with van der Waals surface area (Å²) in [5, 5.41) is 6.56. The minimum atomic E-state index is -0.914. The SMILES string of the molecule is CC[C@H](C)[C@H](NC(=O)OCc1ccccc1)C(=O)N1C[C@H]2[C@@H]([C@H]1C(=O)NN(C[C@@H]1CCNC1=O)C(=O)OC(C)(C)C)C2(C)C. The van der Waals surface area contributed by atoms with Gasteiger partial charge in [-0.1, -0.05) is 64.4 Å². The highest BCUT2D eigenvalue weighted by molar-refractivity contribution is 5.93. The molecule has 0 spiro atoms. The Hall–Kier alpha value is -3.83. The predicted molar refractivity (Wildman–Crippen MR) is 161 cm³/mol. The van der Waals surface area contributed by atoms with Crippen LogP contribution in [0.4, 0.5) is 9.59 Å². The summed E-state index contributed by atoms with van der Waals surface area (Å²) in [7, 11) is 0. The van der Waals surface area contributed by atoms with Gasteiger partial charge in [0.25, 0.3) is 5.91 Å². The second-order valence-corrected chi connectivity index (χ2v) is 13.8. The molecule has 1 saturated carbocycles. The van der Waals surface area contributed by atoms with Gasteiger partial charge in [0.15, 0.2) is 0 Å². The average molecular weight is 614 g/mol. The maximum absolute atomic E-state index is 14.1. The lowest BCUT2D eigenvalue weighted by molar-refractivity contribution is -0.144. The van der Waals surface area contributed by atoms with Crippen molar-refractivity contribution in [3.8, 4) is 0 Å². The Morgan fingerprint density at radius 3 is 2.43 bits per heavy atom. The Kier molecular flexibility index (Phi) is 9.80. The fourth-order valence-corrected chi connectivity index (χ4v) is 6.29. The van der Waals surface area contributed by atoms with E-state index in [0.717, 1.165) is 10.6 Å². The number of rotatable bonds is 9. The largest absolute Gasteiger partial charge is 0.445 e. The second-order valence-electron chi connectivity index (χ2n) is 13.8. The highest BCUT2D eigenvalue weighted by Gasteiger charge is 2.69. The van der Waals surface area contributed by atoms with Gasteiger partial charge < -0.3 is 25.0 Å². The van der Waals surface area contributed by atoms with Gasteiger partial charge in [-0.3, -0.25) is 19.8 Å². The number of nitrogens with zero attached hydrogens (tertiary/aromatic N) is 2. The van der Waals surface area contributed by atoms with Crippen LogP contribution in [0.2, 0.25) is 0 Å². The predicted octanol–water partition coefficient (Wildman–Crippen LogP) is 3.21. The van der Waals surface area contributed by atoms with Gasteiger partial charge in [-0.15, -0.1) is 0 Å². The molecule has 5 amide bonds. The van der Waals surface area contributed by atoms with E-state index in [9.17, 15) is 24.0 Å². The van der Waals surface area contributed by atoms with Gasteiger partial charge in [-0.05, 0) is 55.9 Å². The minimum Gasteiger partial charge on any atom is -0.445 e. The van der Waals surface area contributed by atoms with Gasteiger partial charge >= 0.3 is 12.2 Å². The zero-order chi connectivity index (χ0) is 32.4. The van der Waals surface area contributed by atoms with Gasteiger partial charge in [0.1, 0.15) is 24.3 Å². The van der Waals surface area contributed by atoms with Crippen LogP contribution in [-0.2, 0) is 30.5 Å². The number of hydrogen-bond donors (Lipinski definition) is 3. The van der Waals surface area contributed by atoms with Gasteiger partial charge in [-0.2, -0.15) is 0 Å². The Morgan fingerprint density at radius 2 is 1.84 bits per heavy atom. The van der Waals surface area contributed by atoms with E-state index in [-0.39, 0.29) is 48.1 Å². The fourth-order valence-electron chi connectivity index (χ4n) is 6.29. The molecule has 0 radical (unpaired) electrons. The highest BCUT2D eigenvalue weighted by atomic mass is 16.6. The van der Waals surface area contributed by atoms with Crippen molar-refractivity contribution in [2.24, 2.45) is 29.1 Å². The van der Waals surface area contributed by atoms with E-state index in [2.05, 4.69) is 29.9 Å². The quantitative estimate of drug-likeness (QED) is 0.363. The lowest BCUT2D eigenvalue weighted by atomic mass is 9.95. The van der Waals surface area contributed by atoms with Crippen LogP contribution >= 0.6 is 0 Å². The summed E-state index contributed by atoms with van der Waals surface area (Å²) in [5.41, 5.74) is 2.50. The number of hydrazine groups is 1. The number of fused-ring (bicyclic) bond motifs is 1. The molecule has 3 fully saturated rings. The molecule has 44 heavy (non-hydrogen) atoms. The van der Waals surface area contributed by atoms with E-state index in [4.69, 9.17) is 9.47 Å². The number of piperidine rings is 1. The van der Waals surface area contributed by atoms with Crippen molar-refractivity contribution in [2.75, 3.05) is 19.6 Å². The molecule has 3 aliphatic rings. The highest BCUT2D eigenvalue weighted by Crippen LogP contribution is 2.65. The van der Waals surface area contributed by atoms with Gasteiger partial charge in [0.2, 0.25) is 11.8 Å². The Labute approximate surface area is 259 Å². The normalized spacial score (nSPS) is 24.8. The molecule has 2 aliphatic heterocycles. The number of carbonyl (C=O) groups excluding carboxylic acids is 5. The first kappa shape index (κ1) is 33.1. The molecule has 0 bridgehead atoms. The summed E-state index contributed by atoms with van der Waals surface area (Å²) in [6.45, 7) is 13.9. The van der Waals surface area contributed by atoms with E-state index in [1.165, 1.54) is 4.90 Å². The van der Waals surface area contributed by atoms with Crippen LogP contribution < -0.4 is 16.1 Å². The molecule has 242 valence electrons. The summed E-state index contributed by atoms with van der Waals surface area (Å²) >= 11 is 0. The van der Waals surface area contributed by atoms with Crippen molar-refractivity contribution >= 4 is 29.9 Å². The third kappa shape index (κ3) is 7.44. The van der Waals surface area contributed by atoms with Gasteiger partial charge in [-0.25, -0.2) is 14.6 Å². The molecule has 6 atom stereocenters. The lowest BCUT2D eigenvalue weighted by Crippen LogP contribution is -2.60. The van der Waals surface area contributed by atoms with E-state index < -0.39 is 41.7 Å². The minimum absolute atomic E-state index is 0.0562. The number of amides is 5. The first-order chi connectivity index (χ1) is 20.6. The van der Waals surface area contributed by atoms with Crippen LogP contribution in [0.1, 0.15) is 66.9 Å². The zero-order valence-electron chi connectivity index (χ0n) is 26.8. The van der Waals surface area contributed by atoms with E-state index >= 15 is 0 Å². The summed E-state index contributed by atoms with van der Waals surface area (Å²) in [6.07, 6.45) is -0.381. The van der Waals surface area contributed by atoms with Crippen molar-refractivity contribution < 1.29 is 33.4 Å². The summed E-state index contributed by atoms with van der Waals surface area (Å²) in [4.78, 5) is 67.9. The van der Waals surface area contributed by atoms with E-state index in [1.807, 2.05) is 44.2 Å². The molecule has 12 heteroatoms. The maximum Gasteiger partial charge on any atom is 0.429 e. The summed E-state index contributed by atoms with van der Waals surface area (Å²) in [5.74, 6) is -1.90. The maximum atomic E-state index is 14.1. The van der Waals surface area contributed by atoms with Gasteiger partial charge in [0, 0.05) is 13.1 Å². The fraction of sp³-hybridized carbons (Fsp3) is 0.656. The molecule has 1 aromatic carbocycles. The van der Waals surface area contributed by atoms with Crippen LogP contribution in [-0.4, -0.2) is 77.1 Å². The molecule has 2 saturated heterocycles. The van der Waals surface area contributed by atoms with E-state index in [0.29, 0.717) is 25.9 Å². The molecule has 0 unspecified atom stereocenters. The number of likely N-dealkylation sites (tertiary alicyclic amines) is 1. The van der Waals surface area contributed by atoms with Crippen molar-refractivity contribution in [1.82, 2.24) is 26.0 Å². The first-order valence-electron chi connectivity index (χ1n) is 15.5. The van der Waals surface area contributed by atoms with Crippen LogP contribution in [0.25, 0.3) is 0 Å². The number of ether oxygens (including phenoxy) is 2. The van der Waals surface area contributed by atoms with Crippen LogP contribution in [0.5, 0.6) is 0 Å². The zero-order valence-corrected chi connectivity index (χ0v) is 26.8. The Balaban J connectivity index is 1.52. The van der Waals surface area contributed by atoms with Crippen molar-refractivity contribution in [3.05, 3.63) is 35.9 Å². The van der Waals surface area contributed by atoms with Crippen LogP contribution in [0.15, 0.2) is 30.3 Å². The third-order valence-corrected chi connectivity index (χ3v) is 9.15. The molecular weight excluding hydrogens is 566 g/mol. The molecule has 4 rings (SSSR count). The molecule has 2 heterocycles. The first-order valence-corrected chi connectivity index (χ1v) is 15.5. The van der Waals surface area contributed by atoms with Crippen molar-refractivity contribution in [1.29, 1.82) is 0 Å². The van der Waals surface area contributed by atoms with Crippen LogP contribution in [0, 0.1) is 29.1 Å². The molecule has 1 aromatic rings. The van der Waals surface area contributed by atoms with Crippen molar-refractivity contribution in [3.63, 3.8) is 0 Å². The summed E-state index contributed by atoms with van der Waals surface area (Å²) < 4.78 is 10.9. The smallest absolute Gasteiger partial charge is 0.429 e. The number of nitrogens with one attached hydrogen (secondary N) is 3. The number of carbonyl (C=O) groups is 5. The Bertz CT molecular complexity index is 1250. The summed E-state index contributed by atoms with van der Waals surface area (Å²) in [6, 6.07) is 7.45. The standard InChI is InChI=1S/C32H47N5O7/c1-8-19(2)24(34-29(41)43-18-20-12-10-9-11-13-20)28(40)36-17-22-23(32(22,6)7)25(36)27(39)35-37(30(42)44-31(3,4)5)16-21-14-15-33-26(21)38/h9-13,19,21-25H,8,14-18H2,1-7H3,(H,33,38)(H,34,41)(H,35,39)/t19-,21-,22-,23-,24-,25-/m0/s1. The molecule has 12 nitrogen and oxygen atoms in total. The Morgan fingerprint density at radius 1 is 1.16 bits per heavy atom. The second kappa shape index (κ2) is 13.0. The van der Waals surface area contributed by atoms with Crippen LogP contribution in [0.3, 0.4) is 0 Å². The topological polar surface area (TPSA) is 146 Å². The molecule has 3 N–H and O–H groups in total. The molecular formula is C32H47N5O7. The molecule has 0 aromatic heterocycles. The number of alkyl carbamates (subject to hydrolysis) is 1. The van der Waals surface area contributed by atoms with E-state index in [1.54, 1.807) is 20.8 Å². The lowest BCUT2D eigenvalue weighted by Gasteiger charge is -2.36. The monoisotopic (exact) mass is 613 g/mol.